The van der Waals surface area contributed by atoms with Crippen LogP contribution < -0.4 is 14.8 Å². The number of nitrogens with one attached hydrogen (secondary N) is 1. The summed E-state index contributed by atoms with van der Waals surface area (Å²) in [5, 5.41) is 6.63. The van der Waals surface area contributed by atoms with Crippen molar-refractivity contribution < 1.29 is 9.47 Å². The summed E-state index contributed by atoms with van der Waals surface area (Å²) in [6, 6.07) is 4.03. The van der Waals surface area contributed by atoms with Crippen LogP contribution in [-0.4, -0.2) is 25.7 Å². The molecule has 2 aromatic rings. The Balaban J connectivity index is 1.96. The van der Waals surface area contributed by atoms with E-state index in [2.05, 4.69) is 33.2 Å². The van der Waals surface area contributed by atoms with Gasteiger partial charge in [-0.1, -0.05) is 6.92 Å². The minimum atomic E-state index is 0.411. The summed E-state index contributed by atoms with van der Waals surface area (Å²) in [5.41, 5.74) is 1.14. The number of rotatable bonds is 7. The van der Waals surface area contributed by atoms with Crippen LogP contribution in [-0.2, 0) is 6.54 Å². The molecule has 0 radical (unpaired) electrons. The van der Waals surface area contributed by atoms with E-state index >= 15 is 0 Å². The Morgan fingerprint density at radius 3 is 2.76 bits per heavy atom. The molecule has 0 saturated heterocycles. The maximum atomic E-state index is 5.35. The molecule has 0 bridgehead atoms. The third-order valence-electron chi connectivity index (χ3n) is 3.15. The molecule has 1 aromatic heterocycles. The van der Waals surface area contributed by atoms with Crippen molar-refractivity contribution in [2.75, 3.05) is 20.8 Å². The third kappa shape index (κ3) is 4.18. The first-order valence-electron chi connectivity index (χ1n) is 6.66. The standard InChI is InChI=1S/C15H19BrN2O2S/c1-10(15-18-4-5-21-15)8-17-9-11-6-12(16)14(20-3)13(7-11)19-2/h4-7,10,17H,8-9H2,1-3H3. The number of thiazole rings is 1. The first-order valence-corrected chi connectivity index (χ1v) is 8.33. The summed E-state index contributed by atoms with van der Waals surface area (Å²) in [6.07, 6.45) is 1.85. The van der Waals surface area contributed by atoms with Gasteiger partial charge in [0.05, 0.1) is 23.7 Å². The van der Waals surface area contributed by atoms with Gasteiger partial charge in [-0.3, -0.25) is 0 Å². The van der Waals surface area contributed by atoms with Crippen LogP contribution in [0.2, 0.25) is 0 Å². The molecule has 0 saturated carbocycles. The zero-order valence-corrected chi connectivity index (χ0v) is 14.8. The minimum Gasteiger partial charge on any atom is -0.493 e. The molecule has 1 aromatic carbocycles. The van der Waals surface area contributed by atoms with Crippen LogP contribution in [0, 0.1) is 0 Å². The SMILES string of the molecule is COc1cc(CNCC(C)c2nccs2)cc(Br)c1OC. The van der Waals surface area contributed by atoms with Crippen molar-refractivity contribution in [3.63, 3.8) is 0 Å². The molecule has 4 nitrogen and oxygen atoms in total. The lowest BCUT2D eigenvalue weighted by atomic mass is 10.1. The van der Waals surface area contributed by atoms with E-state index in [4.69, 9.17) is 9.47 Å². The summed E-state index contributed by atoms with van der Waals surface area (Å²) >= 11 is 5.21. The van der Waals surface area contributed by atoms with Gasteiger partial charge in [-0.2, -0.15) is 0 Å². The Labute approximate surface area is 137 Å². The quantitative estimate of drug-likeness (QED) is 0.804. The van der Waals surface area contributed by atoms with Gasteiger partial charge in [0, 0.05) is 30.6 Å². The topological polar surface area (TPSA) is 43.4 Å². The second kappa shape index (κ2) is 7.77. The molecule has 1 N–H and O–H groups in total. The fraction of sp³-hybridized carbons (Fsp3) is 0.400. The van der Waals surface area contributed by atoms with Gasteiger partial charge in [-0.15, -0.1) is 11.3 Å². The zero-order chi connectivity index (χ0) is 15.2. The molecule has 1 heterocycles. The average Bonchev–Trinajstić information content (AvgIpc) is 3.00. The molecule has 6 heteroatoms. The predicted octanol–water partition coefficient (Wildman–Crippen LogP) is 3.82. The number of hydrogen-bond donors (Lipinski definition) is 1. The fourth-order valence-electron chi connectivity index (χ4n) is 2.07. The first-order chi connectivity index (χ1) is 10.2. The summed E-state index contributed by atoms with van der Waals surface area (Å²) in [4.78, 5) is 4.34. The van der Waals surface area contributed by atoms with Crippen LogP contribution in [0.4, 0.5) is 0 Å². The first kappa shape index (κ1) is 16.3. The van der Waals surface area contributed by atoms with Crippen molar-refractivity contribution >= 4 is 27.3 Å². The van der Waals surface area contributed by atoms with Crippen molar-refractivity contribution in [3.8, 4) is 11.5 Å². The second-order valence-corrected chi connectivity index (χ2v) is 6.50. The second-order valence-electron chi connectivity index (χ2n) is 4.72. The maximum Gasteiger partial charge on any atom is 0.174 e. The Bertz CT molecular complexity index is 575. The molecular weight excluding hydrogens is 352 g/mol. The van der Waals surface area contributed by atoms with Gasteiger partial charge in [-0.25, -0.2) is 4.98 Å². The normalized spacial score (nSPS) is 12.2. The molecular formula is C15H19BrN2O2S. The maximum absolute atomic E-state index is 5.35. The Kier molecular flexibility index (Phi) is 6.02. The van der Waals surface area contributed by atoms with Crippen LogP contribution in [0.1, 0.15) is 23.4 Å². The molecule has 0 fully saturated rings. The number of hydrogen-bond acceptors (Lipinski definition) is 5. The highest BCUT2D eigenvalue weighted by Gasteiger charge is 2.11. The van der Waals surface area contributed by atoms with Crippen LogP contribution >= 0.6 is 27.3 Å². The largest absolute Gasteiger partial charge is 0.493 e. The molecule has 1 atom stereocenters. The number of benzene rings is 1. The minimum absolute atomic E-state index is 0.411. The number of methoxy groups -OCH3 is 2. The number of ether oxygens (including phenoxy) is 2. The lowest BCUT2D eigenvalue weighted by Gasteiger charge is -2.13. The molecule has 21 heavy (non-hydrogen) atoms. The van der Waals surface area contributed by atoms with Crippen molar-refractivity contribution in [2.45, 2.75) is 19.4 Å². The number of halogens is 1. The van der Waals surface area contributed by atoms with Gasteiger partial charge in [-0.05, 0) is 33.6 Å². The van der Waals surface area contributed by atoms with E-state index in [1.54, 1.807) is 25.6 Å². The van der Waals surface area contributed by atoms with Crippen molar-refractivity contribution in [2.24, 2.45) is 0 Å². The molecule has 0 aliphatic heterocycles. The average molecular weight is 371 g/mol. The Hall–Kier alpha value is -1.11. The molecule has 114 valence electrons. The summed E-state index contributed by atoms with van der Waals surface area (Å²) in [5.74, 6) is 1.86. The van der Waals surface area contributed by atoms with Gasteiger partial charge < -0.3 is 14.8 Å². The van der Waals surface area contributed by atoms with E-state index in [1.807, 2.05) is 23.7 Å². The molecule has 0 spiro atoms. The zero-order valence-electron chi connectivity index (χ0n) is 12.4. The van der Waals surface area contributed by atoms with Crippen molar-refractivity contribution in [3.05, 3.63) is 38.8 Å². The van der Waals surface area contributed by atoms with E-state index in [1.165, 1.54) is 0 Å². The van der Waals surface area contributed by atoms with Gasteiger partial charge in [0.2, 0.25) is 0 Å². The molecule has 1 unspecified atom stereocenters. The van der Waals surface area contributed by atoms with Crippen molar-refractivity contribution in [1.29, 1.82) is 0 Å². The fourth-order valence-corrected chi connectivity index (χ4v) is 3.42. The van der Waals surface area contributed by atoms with E-state index in [0.717, 1.165) is 39.6 Å². The molecule has 2 rings (SSSR count). The number of nitrogens with zero attached hydrogens (tertiary/aromatic N) is 1. The van der Waals surface area contributed by atoms with Crippen LogP contribution in [0.5, 0.6) is 11.5 Å². The lowest BCUT2D eigenvalue weighted by molar-refractivity contribution is 0.352. The Morgan fingerprint density at radius 2 is 2.14 bits per heavy atom. The van der Waals surface area contributed by atoms with Gasteiger partial charge >= 0.3 is 0 Å². The van der Waals surface area contributed by atoms with Gasteiger partial charge in [0.15, 0.2) is 11.5 Å². The molecule has 0 amide bonds. The van der Waals surface area contributed by atoms with Crippen LogP contribution in [0.15, 0.2) is 28.2 Å². The lowest BCUT2D eigenvalue weighted by Crippen LogP contribution is -2.19. The molecule has 0 aliphatic carbocycles. The number of aromatic nitrogens is 1. The highest BCUT2D eigenvalue weighted by atomic mass is 79.9. The van der Waals surface area contributed by atoms with Gasteiger partial charge in [0.1, 0.15) is 0 Å². The smallest absolute Gasteiger partial charge is 0.174 e. The third-order valence-corrected chi connectivity index (χ3v) is 4.74. The van der Waals surface area contributed by atoms with Gasteiger partial charge in [0.25, 0.3) is 0 Å². The highest BCUT2D eigenvalue weighted by molar-refractivity contribution is 9.10. The summed E-state index contributed by atoms with van der Waals surface area (Å²) < 4.78 is 11.6. The monoisotopic (exact) mass is 370 g/mol. The van der Waals surface area contributed by atoms with E-state index in [-0.39, 0.29) is 0 Å². The van der Waals surface area contributed by atoms with Crippen LogP contribution in [0.25, 0.3) is 0 Å². The van der Waals surface area contributed by atoms with E-state index in [9.17, 15) is 0 Å². The highest BCUT2D eigenvalue weighted by Crippen LogP contribution is 2.36. The summed E-state index contributed by atoms with van der Waals surface area (Å²) in [7, 11) is 3.28. The van der Waals surface area contributed by atoms with Crippen LogP contribution in [0.3, 0.4) is 0 Å². The van der Waals surface area contributed by atoms with E-state index < -0.39 is 0 Å². The van der Waals surface area contributed by atoms with E-state index in [0.29, 0.717) is 5.92 Å². The predicted molar refractivity (Wildman–Crippen MR) is 89.5 cm³/mol. The van der Waals surface area contributed by atoms with Crippen molar-refractivity contribution in [1.82, 2.24) is 10.3 Å². The Morgan fingerprint density at radius 1 is 1.33 bits per heavy atom. The molecule has 0 aliphatic rings. The summed E-state index contributed by atoms with van der Waals surface area (Å²) in [6.45, 7) is 3.84.